The quantitative estimate of drug-likeness (QED) is 0.879. The molecule has 1 fully saturated rings. The largest absolute Gasteiger partial charge is 0.484 e. The number of piperazine rings is 1. The number of benzene rings is 2. The Labute approximate surface area is 149 Å². The molecule has 0 unspecified atom stereocenters. The lowest BCUT2D eigenvalue weighted by atomic mass is 10.2. The van der Waals surface area contributed by atoms with Gasteiger partial charge in [0.05, 0.1) is 0 Å². The summed E-state index contributed by atoms with van der Waals surface area (Å²) in [4.78, 5) is 16.8. The Morgan fingerprint density at radius 1 is 1.00 bits per heavy atom. The molecule has 1 aliphatic heterocycles. The molecule has 1 amide bonds. The van der Waals surface area contributed by atoms with Crippen molar-refractivity contribution in [2.45, 2.75) is 6.92 Å². The predicted octanol–water partition coefficient (Wildman–Crippen LogP) is 2.85. The SMILES string of the molecule is CCN1CCN(c2ccc(NC(=O)COc3ccccc3)cc2)CC1. The van der Waals surface area contributed by atoms with E-state index in [0.29, 0.717) is 5.75 Å². The molecule has 0 atom stereocenters. The highest BCUT2D eigenvalue weighted by Gasteiger charge is 2.15. The minimum atomic E-state index is -0.159. The Morgan fingerprint density at radius 2 is 1.68 bits per heavy atom. The van der Waals surface area contributed by atoms with Gasteiger partial charge in [-0.2, -0.15) is 0 Å². The van der Waals surface area contributed by atoms with E-state index in [1.54, 1.807) is 0 Å². The molecule has 0 bridgehead atoms. The summed E-state index contributed by atoms with van der Waals surface area (Å²) >= 11 is 0. The van der Waals surface area contributed by atoms with Crippen LogP contribution in [0.25, 0.3) is 0 Å². The van der Waals surface area contributed by atoms with Crippen LogP contribution in [0, 0.1) is 0 Å². The van der Waals surface area contributed by atoms with E-state index in [2.05, 4.69) is 34.2 Å². The van der Waals surface area contributed by atoms with Crippen LogP contribution in [0.4, 0.5) is 11.4 Å². The molecule has 1 N–H and O–H groups in total. The average molecular weight is 339 g/mol. The molecular weight excluding hydrogens is 314 g/mol. The van der Waals surface area contributed by atoms with Gasteiger partial charge in [-0.1, -0.05) is 25.1 Å². The maximum atomic E-state index is 12.0. The van der Waals surface area contributed by atoms with Crippen LogP contribution in [-0.4, -0.2) is 50.1 Å². The van der Waals surface area contributed by atoms with Crippen molar-refractivity contribution in [2.24, 2.45) is 0 Å². The predicted molar refractivity (Wildman–Crippen MR) is 101 cm³/mol. The first-order valence-electron chi connectivity index (χ1n) is 8.79. The normalized spacial score (nSPS) is 15.0. The van der Waals surface area contributed by atoms with Crippen LogP contribution >= 0.6 is 0 Å². The van der Waals surface area contributed by atoms with Gasteiger partial charge in [-0.05, 0) is 42.9 Å². The first-order chi connectivity index (χ1) is 12.2. The monoisotopic (exact) mass is 339 g/mol. The van der Waals surface area contributed by atoms with E-state index in [4.69, 9.17) is 4.74 Å². The summed E-state index contributed by atoms with van der Waals surface area (Å²) in [7, 11) is 0. The van der Waals surface area contributed by atoms with Gasteiger partial charge in [-0.25, -0.2) is 0 Å². The number of carbonyl (C=O) groups excluding carboxylic acids is 1. The number of likely N-dealkylation sites (N-methyl/N-ethyl adjacent to an activating group) is 1. The Kier molecular flexibility index (Phi) is 5.90. The number of nitrogens with one attached hydrogen (secondary N) is 1. The molecule has 3 rings (SSSR count). The van der Waals surface area contributed by atoms with Crippen molar-refractivity contribution >= 4 is 17.3 Å². The van der Waals surface area contributed by atoms with Crippen LogP contribution in [0.1, 0.15) is 6.92 Å². The topological polar surface area (TPSA) is 44.8 Å². The zero-order chi connectivity index (χ0) is 17.5. The van der Waals surface area contributed by atoms with E-state index < -0.39 is 0 Å². The molecular formula is C20H25N3O2. The number of nitrogens with zero attached hydrogens (tertiary/aromatic N) is 2. The molecule has 1 aliphatic rings. The molecule has 0 aromatic heterocycles. The summed E-state index contributed by atoms with van der Waals surface area (Å²) < 4.78 is 5.45. The third kappa shape index (κ3) is 4.97. The Balaban J connectivity index is 1.48. The van der Waals surface area contributed by atoms with Crippen molar-refractivity contribution in [2.75, 3.05) is 49.5 Å². The van der Waals surface area contributed by atoms with E-state index in [0.717, 1.165) is 38.4 Å². The van der Waals surface area contributed by atoms with Crippen LogP contribution in [0.5, 0.6) is 5.75 Å². The van der Waals surface area contributed by atoms with E-state index >= 15 is 0 Å². The maximum Gasteiger partial charge on any atom is 0.262 e. The fourth-order valence-corrected chi connectivity index (χ4v) is 2.94. The van der Waals surface area contributed by atoms with Gasteiger partial charge in [0, 0.05) is 37.6 Å². The van der Waals surface area contributed by atoms with Crippen molar-refractivity contribution in [3.05, 3.63) is 54.6 Å². The molecule has 2 aromatic carbocycles. The molecule has 0 aliphatic carbocycles. The van der Waals surface area contributed by atoms with Gasteiger partial charge >= 0.3 is 0 Å². The number of hydrogen-bond acceptors (Lipinski definition) is 4. The van der Waals surface area contributed by atoms with Gasteiger partial charge in [0.15, 0.2) is 6.61 Å². The summed E-state index contributed by atoms with van der Waals surface area (Å²) in [6, 6.07) is 17.4. The standard InChI is InChI=1S/C20H25N3O2/c1-2-22-12-14-23(15-13-22)18-10-8-17(9-11-18)21-20(24)16-25-19-6-4-3-5-7-19/h3-11H,2,12-16H2,1H3,(H,21,24). The van der Waals surface area contributed by atoms with Gasteiger partial charge in [-0.15, -0.1) is 0 Å². The number of amides is 1. The fourth-order valence-electron chi connectivity index (χ4n) is 2.94. The van der Waals surface area contributed by atoms with Crippen molar-refractivity contribution < 1.29 is 9.53 Å². The zero-order valence-corrected chi connectivity index (χ0v) is 14.6. The van der Waals surface area contributed by atoms with Gasteiger partial charge in [0.1, 0.15) is 5.75 Å². The average Bonchev–Trinajstić information content (AvgIpc) is 2.68. The van der Waals surface area contributed by atoms with Crippen molar-refractivity contribution in [3.63, 3.8) is 0 Å². The second-order valence-electron chi connectivity index (χ2n) is 6.12. The minimum absolute atomic E-state index is 0.00470. The molecule has 25 heavy (non-hydrogen) atoms. The molecule has 0 spiro atoms. The number of anilines is 2. The smallest absolute Gasteiger partial charge is 0.262 e. The minimum Gasteiger partial charge on any atom is -0.484 e. The van der Waals surface area contributed by atoms with Crippen molar-refractivity contribution in [1.82, 2.24) is 4.90 Å². The molecule has 132 valence electrons. The summed E-state index contributed by atoms with van der Waals surface area (Å²) in [5.74, 6) is 0.535. The van der Waals surface area contributed by atoms with Gasteiger partial charge in [0.25, 0.3) is 5.91 Å². The van der Waals surface area contributed by atoms with E-state index in [9.17, 15) is 4.79 Å². The first-order valence-corrected chi connectivity index (χ1v) is 8.79. The molecule has 5 nitrogen and oxygen atoms in total. The Morgan fingerprint density at radius 3 is 2.32 bits per heavy atom. The van der Waals surface area contributed by atoms with Gasteiger partial charge in [-0.3, -0.25) is 4.79 Å². The third-order valence-electron chi connectivity index (χ3n) is 4.45. The fraction of sp³-hybridized carbons (Fsp3) is 0.350. The lowest BCUT2D eigenvalue weighted by molar-refractivity contribution is -0.118. The van der Waals surface area contributed by atoms with Crippen LogP contribution in [0.3, 0.4) is 0 Å². The van der Waals surface area contributed by atoms with Crippen molar-refractivity contribution in [1.29, 1.82) is 0 Å². The molecule has 5 heteroatoms. The summed E-state index contributed by atoms with van der Waals surface area (Å²) in [5.41, 5.74) is 1.99. The number of ether oxygens (including phenoxy) is 1. The number of rotatable bonds is 6. The molecule has 2 aromatic rings. The summed E-state index contributed by atoms with van der Waals surface area (Å²) in [6.45, 7) is 7.62. The Bertz CT molecular complexity index is 665. The maximum absolute atomic E-state index is 12.0. The highest BCUT2D eigenvalue weighted by Crippen LogP contribution is 2.19. The van der Waals surface area contributed by atoms with Crippen LogP contribution in [0.15, 0.2) is 54.6 Å². The number of para-hydroxylation sites is 1. The van der Waals surface area contributed by atoms with Crippen LogP contribution in [-0.2, 0) is 4.79 Å². The molecule has 1 heterocycles. The Hall–Kier alpha value is -2.53. The highest BCUT2D eigenvalue weighted by molar-refractivity contribution is 5.92. The van der Waals surface area contributed by atoms with E-state index in [1.165, 1.54) is 5.69 Å². The van der Waals surface area contributed by atoms with E-state index in [-0.39, 0.29) is 12.5 Å². The summed E-state index contributed by atoms with van der Waals surface area (Å²) in [6.07, 6.45) is 0. The third-order valence-corrected chi connectivity index (χ3v) is 4.45. The lowest BCUT2D eigenvalue weighted by Crippen LogP contribution is -2.46. The molecule has 0 saturated carbocycles. The zero-order valence-electron chi connectivity index (χ0n) is 14.6. The number of hydrogen-bond donors (Lipinski definition) is 1. The second kappa shape index (κ2) is 8.53. The molecule has 1 saturated heterocycles. The first kappa shape index (κ1) is 17.3. The molecule has 0 radical (unpaired) electrons. The van der Waals surface area contributed by atoms with Crippen LogP contribution < -0.4 is 15.0 Å². The van der Waals surface area contributed by atoms with Gasteiger partial charge in [0.2, 0.25) is 0 Å². The second-order valence-corrected chi connectivity index (χ2v) is 6.12. The summed E-state index contributed by atoms with van der Waals surface area (Å²) in [5, 5.41) is 2.87. The van der Waals surface area contributed by atoms with Crippen molar-refractivity contribution in [3.8, 4) is 5.75 Å². The lowest BCUT2D eigenvalue weighted by Gasteiger charge is -2.35. The van der Waals surface area contributed by atoms with E-state index in [1.807, 2.05) is 42.5 Å². The van der Waals surface area contributed by atoms with Crippen LogP contribution in [0.2, 0.25) is 0 Å². The number of carbonyl (C=O) groups is 1. The van der Waals surface area contributed by atoms with Gasteiger partial charge < -0.3 is 19.9 Å². The highest BCUT2D eigenvalue weighted by atomic mass is 16.5.